The number of nitro benzene ring substituents is 1. The Morgan fingerprint density at radius 3 is 2.33 bits per heavy atom. The average molecular weight is 570 g/mol. The first-order chi connectivity index (χ1) is 19.2. The number of carbonyl (C=O) groups is 1. The summed E-state index contributed by atoms with van der Waals surface area (Å²) in [6.07, 6.45) is 1.49. The van der Waals surface area contributed by atoms with Gasteiger partial charge in [-0.1, -0.05) is 17.4 Å². The molecule has 0 N–H and O–H groups in total. The minimum Gasteiger partial charge on any atom is -0.496 e. The van der Waals surface area contributed by atoms with Crippen molar-refractivity contribution in [2.24, 2.45) is 4.99 Å². The molecule has 4 rings (SSSR count). The van der Waals surface area contributed by atoms with E-state index in [-0.39, 0.29) is 33.9 Å². The van der Waals surface area contributed by atoms with E-state index in [1.54, 1.807) is 32.0 Å². The minimum atomic E-state index is -0.885. The number of allylic oxidation sites excluding steroid dienone is 1. The van der Waals surface area contributed by atoms with Crippen LogP contribution in [0.15, 0.2) is 51.4 Å². The molecule has 0 fully saturated rings. The molecule has 0 radical (unpaired) electrons. The maximum atomic E-state index is 13.9. The average Bonchev–Trinajstić information content (AvgIpc) is 3.25. The molecule has 40 heavy (non-hydrogen) atoms. The number of rotatable bonds is 9. The first-order valence-electron chi connectivity index (χ1n) is 12.0. The molecule has 0 spiro atoms. The van der Waals surface area contributed by atoms with Crippen LogP contribution in [0.2, 0.25) is 0 Å². The van der Waals surface area contributed by atoms with E-state index in [9.17, 15) is 19.7 Å². The number of carbonyl (C=O) groups excluding carboxylic acids is 1. The second-order valence-electron chi connectivity index (χ2n) is 8.44. The highest BCUT2D eigenvalue weighted by atomic mass is 32.1. The van der Waals surface area contributed by atoms with Crippen LogP contribution in [0.5, 0.6) is 23.0 Å². The second kappa shape index (κ2) is 11.6. The lowest BCUT2D eigenvalue weighted by molar-refractivity contribution is -0.385. The highest BCUT2D eigenvalue weighted by Crippen LogP contribution is 2.37. The maximum Gasteiger partial charge on any atom is 0.338 e. The largest absolute Gasteiger partial charge is 0.496 e. The van der Waals surface area contributed by atoms with Gasteiger partial charge in [0.15, 0.2) is 16.3 Å². The Morgan fingerprint density at radius 2 is 1.73 bits per heavy atom. The van der Waals surface area contributed by atoms with Gasteiger partial charge in [0.2, 0.25) is 5.75 Å². The summed E-state index contributed by atoms with van der Waals surface area (Å²) in [7, 11) is 5.72. The van der Waals surface area contributed by atoms with Crippen molar-refractivity contribution < 1.29 is 33.4 Å². The quantitative estimate of drug-likeness (QED) is 0.216. The lowest BCUT2D eigenvalue weighted by Gasteiger charge is -2.25. The van der Waals surface area contributed by atoms with Crippen LogP contribution in [-0.4, -0.2) is 50.5 Å². The Morgan fingerprint density at radius 1 is 1.05 bits per heavy atom. The van der Waals surface area contributed by atoms with Crippen molar-refractivity contribution in [3.63, 3.8) is 0 Å². The minimum absolute atomic E-state index is 0.0172. The number of aromatic nitrogens is 1. The summed E-state index contributed by atoms with van der Waals surface area (Å²) in [4.78, 5) is 43.0. The van der Waals surface area contributed by atoms with Crippen LogP contribution >= 0.6 is 11.3 Å². The number of hydrogen-bond donors (Lipinski definition) is 0. The lowest BCUT2D eigenvalue weighted by Crippen LogP contribution is -2.40. The van der Waals surface area contributed by atoms with E-state index in [2.05, 4.69) is 4.99 Å². The third-order valence-electron chi connectivity index (χ3n) is 6.25. The highest BCUT2D eigenvalue weighted by molar-refractivity contribution is 7.07. The van der Waals surface area contributed by atoms with Crippen molar-refractivity contribution in [3.8, 4) is 23.0 Å². The predicted molar refractivity (Wildman–Crippen MR) is 146 cm³/mol. The van der Waals surface area contributed by atoms with Gasteiger partial charge in [-0.05, 0) is 37.6 Å². The molecular weight excluding hydrogens is 542 g/mol. The van der Waals surface area contributed by atoms with Crippen LogP contribution in [0.1, 0.15) is 31.0 Å². The fourth-order valence-electron chi connectivity index (χ4n) is 4.43. The Kier molecular flexibility index (Phi) is 8.24. The normalized spacial score (nSPS) is 14.8. The number of fused-ring (bicyclic) bond motifs is 1. The maximum absolute atomic E-state index is 13.9. The molecule has 12 nitrogen and oxygen atoms in total. The van der Waals surface area contributed by atoms with Crippen molar-refractivity contribution >= 4 is 29.1 Å². The Bertz CT molecular complexity index is 1700. The molecule has 1 atom stereocenters. The molecule has 0 amide bonds. The van der Waals surface area contributed by atoms with Crippen LogP contribution in [0, 0.1) is 10.1 Å². The predicted octanol–water partition coefficient (Wildman–Crippen LogP) is 2.74. The molecule has 0 saturated carbocycles. The lowest BCUT2D eigenvalue weighted by atomic mass is 9.95. The number of esters is 1. The van der Waals surface area contributed by atoms with E-state index in [1.165, 1.54) is 51.2 Å². The van der Waals surface area contributed by atoms with E-state index in [4.69, 9.17) is 23.7 Å². The van der Waals surface area contributed by atoms with E-state index >= 15 is 0 Å². The van der Waals surface area contributed by atoms with Gasteiger partial charge in [0.1, 0.15) is 5.75 Å². The summed E-state index contributed by atoms with van der Waals surface area (Å²) in [6.45, 7) is 3.50. The third-order valence-corrected chi connectivity index (χ3v) is 7.24. The van der Waals surface area contributed by atoms with Crippen LogP contribution in [0.25, 0.3) is 6.08 Å². The monoisotopic (exact) mass is 569 g/mol. The fraction of sp³-hybridized carbons (Fsp3) is 0.296. The molecular formula is C27H27N3O9S. The molecule has 1 aliphatic heterocycles. The van der Waals surface area contributed by atoms with Crippen molar-refractivity contribution in [1.29, 1.82) is 0 Å². The second-order valence-corrected chi connectivity index (χ2v) is 9.45. The Labute approximate surface area is 232 Å². The summed E-state index contributed by atoms with van der Waals surface area (Å²) < 4.78 is 28.3. The van der Waals surface area contributed by atoms with E-state index in [1.807, 2.05) is 0 Å². The summed E-state index contributed by atoms with van der Waals surface area (Å²) in [5, 5.41) is 11.6. The van der Waals surface area contributed by atoms with Crippen LogP contribution in [0.4, 0.5) is 5.69 Å². The molecule has 3 aromatic rings. The molecule has 210 valence electrons. The van der Waals surface area contributed by atoms with Gasteiger partial charge >= 0.3 is 11.7 Å². The number of methoxy groups -OCH3 is 4. The first-order valence-corrected chi connectivity index (χ1v) is 12.8. The zero-order valence-corrected chi connectivity index (χ0v) is 23.5. The van der Waals surface area contributed by atoms with Crippen molar-refractivity contribution in [3.05, 3.63) is 82.5 Å². The van der Waals surface area contributed by atoms with Gasteiger partial charge in [-0.25, -0.2) is 9.79 Å². The van der Waals surface area contributed by atoms with Gasteiger partial charge < -0.3 is 23.7 Å². The number of thiazole rings is 1. The molecule has 1 aliphatic rings. The number of hydrogen-bond acceptors (Lipinski definition) is 11. The molecule has 0 unspecified atom stereocenters. The van der Waals surface area contributed by atoms with E-state index in [0.717, 1.165) is 11.3 Å². The van der Waals surface area contributed by atoms with Gasteiger partial charge in [-0.3, -0.25) is 19.5 Å². The Hall–Kier alpha value is -4.65. The van der Waals surface area contributed by atoms with E-state index in [0.29, 0.717) is 33.1 Å². The number of ether oxygens (including phenoxy) is 5. The summed E-state index contributed by atoms with van der Waals surface area (Å²) >= 11 is 1.08. The van der Waals surface area contributed by atoms with Crippen LogP contribution in [-0.2, 0) is 9.53 Å². The van der Waals surface area contributed by atoms with Gasteiger partial charge in [0.25, 0.3) is 5.56 Å². The number of nitro groups is 1. The number of benzene rings is 2. The summed E-state index contributed by atoms with van der Waals surface area (Å²) in [5.41, 5.74) is 0.711. The molecule has 1 aromatic heterocycles. The molecule has 13 heteroatoms. The first kappa shape index (κ1) is 28.4. The molecule has 0 aliphatic carbocycles. The summed E-state index contributed by atoms with van der Waals surface area (Å²) in [5.74, 6) is 0.572. The zero-order chi connectivity index (χ0) is 29.1. The van der Waals surface area contributed by atoms with Crippen LogP contribution < -0.4 is 33.8 Å². The molecule has 0 bridgehead atoms. The summed E-state index contributed by atoms with van der Waals surface area (Å²) in [6, 6.07) is 6.88. The third kappa shape index (κ3) is 5.02. The van der Waals surface area contributed by atoms with Gasteiger partial charge in [-0.15, -0.1) is 0 Å². The van der Waals surface area contributed by atoms with E-state index < -0.39 is 22.5 Å². The molecule has 2 aromatic carbocycles. The smallest absolute Gasteiger partial charge is 0.338 e. The topological polar surface area (TPSA) is 141 Å². The Balaban J connectivity index is 2.00. The van der Waals surface area contributed by atoms with Crippen molar-refractivity contribution in [1.82, 2.24) is 4.57 Å². The number of nitrogens with zero attached hydrogens (tertiary/aromatic N) is 3. The standard InChI is InChI=1S/C27H27N3O9S/c1-7-39-26(32)23-14(2)28-27-29(24(23)15-8-9-18(35-3)21(11-15)38-6)25(31)22(40-27)12-16-10-17(30(33)34)20(37-5)13-19(16)36-4/h8-13,24H,7H2,1-6H3/b22-12-/t24-/m1/s1. The fourth-order valence-corrected chi connectivity index (χ4v) is 5.47. The van der Waals surface area contributed by atoms with Gasteiger partial charge in [0, 0.05) is 17.7 Å². The zero-order valence-electron chi connectivity index (χ0n) is 22.7. The van der Waals surface area contributed by atoms with Crippen LogP contribution in [0.3, 0.4) is 0 Å². The molecule has 0 saturated heterocycles. The molecule has 2 heterocycles. The van der Waals surface area contributed by atoms with Crippen molar-refractivity contribution in [2.75, 3.05) is 35.0 Å². The highest BCUT2D eigenvalue weighted by Gasteiger charge is 2.34. The van der Waals surface area contributed by atoms with Crippen molar-refractivity contribution in [2.45, 2.75) is 19.9 Å². The van der Waals surface area contributed by atoms with Gasteiger partial charge in [0.05, 0.1) is 61.8 Å². The van der Waals surface area contributed by atoms with Gasteiger partial charge in [-0.2, -0.15) is 0 Å². The SMILES string of the molecule is CCOC(=O)C1=C(C)N=c2s/c(=C\c3cc([N+](=O)[O-])c(OC)cc3OC)c(=O)n2[C@@H]1c1ccc(OC)c(OC)c1.